The molecule has 2 atom stereocenters. The Balaban J connectivity index is 1.64. The zero-order chi connectivity index (χ0) is 12.5. The molecule has 2 heterocycles. The molecule has 0 saturated carbocycles. The van der Waals surface area contributed by atoms with E-state index in [9.17, 15) is 4.79 Å². The standard InChI is InChI=1S/C14H18N2O2/c17-14(18)16-7-6-12-9-15(10-13(12)16)8-11-4-2-1-3-5-11/h1-5,12-13H,6-10H2,(H,17,18). The zero-order valence-corrected chi connectivity index (χ0v) is 10.3. The minimum absolute atomic E-state index is 0.214. The van der Waals surface area contributed by atoms with Crippen molar-refractivity contribution in [3.8, 4) is 0 Å². The first-order valence-electron chi connectivity index (χ1n) is 6.50. The molecule has 0 radical (unpaired) electrons. The fourth-order valence-corrected chi connectivity index (χ4v) is 3.26. The third kappa shape index (κ3) is 2.08. The van der Waals surface area contributed by atoms with Crippen LogP contribution >= 0.6 is 0 Å². The van der Waals surface area contributed by atoms with E-state index in [4.69, 9.17) is 5.11 Å². The summed E-state index contributed by atoms with van der Waals surface area (Å²) in [4.78, 5) is 15.1. The van der Waals surface area contributed by atoms with E-state index in [1.807, 2.05) is 6.07 Å². The van der Waals surface area contributed by atoms with E-state index in [1.54, 1.807) is 4.90 Å². The molecule has 0 bridgehead atoms. The molecule has 1 aromatic rings. The van der Waals surface area contributed by atoms with Crippen molar-refractivity contribution < 1.29 is 9.90 Å². The van der Waals surface area contributed by atoms with Gasteiger partial charge in [0.05, 0.1) is 6.04 Å². The van der Waals surface area contributed by atoms with Gasteiger partial charge in [0.15, 0.2) is 0 Å². The summed E-state index contributed by atoms with van der Waals surface area (Å²) in [6, 6.07) is 10.6. The summed E-state index contributed by atoms with van der Waals surface area (Å²) < 4.78 is 0. The first kappa shape index (κ1) is 11.5. The van der Waals surface area contributed by atoms with Crippen LogP contribution in [0, 0.1) is 5.92 Å². The Morgan fingerprint density at radius 2 is 2.06 bits per heavy atom. The van der Waals surface area contributed by atoms with E-state index in [-0.39, 0.29) is 6.04 Å². The molecule has 18 heavy (non-hydrogen) atoms. The van der Waals surface area contributed by atoms with Crippen LogP contribution in [0.1, 0.15) is 12.0 Å². The second-order valence-electron chi connectivity index (χ2n) is 5.27. The molecule has 0 spiro atoms. The summed E-state index contributed by atoms with van der Waals surface area (Å²) in [5.41, 5.74) is 1.30. The molecule has 4 nitrogen and oxygen atoms in total. The van der Waals surface area contributed by atoms with Crippen LogP contribution in [0.2, 0.25) is 0 Å². The monoisotopic (exact) mass is 246 g/mol. The number of rotatable bonds is 2. The Labute approximate surface area is 107 Å². The van der Waals surface area contributed by atoms with Gasteiger partial charge in [0.1, 0.15) is 0 Å². The van der Waals surface area contributed by atoms with Gasteiger partial charge < -0.3 is 10.0 Å². The van der Waals surface area contributed by atoms with Gasteiger partial charge in [-0.05, 0) is 17.9 Å². The summed E-state index contributed by atoms with van der Waals surface area (Å²) in [6.07, 6.45) is 0.256. The predicted molar refractivity (Wildman–Crippen MR) is 68.3 cm³/mol. The average molecular weight is 246 g/mol. The molecule has 96 valence electrons. The van der Waals surface area contributed by atoms with E-state index in [0.29, 0.717) is 12.5 Å². The van der Waals surface area contributed by atoms with Crippen molar-refractivity contribution in [2.24, 2.45) is 5.92 Å². The molecule has 0 aromatic heterocycles. The highest BCUT2D eigenvalue weighted by atomic mass is 16.4. The van der Waals surface area contributed by atoms with Crippen molar-refractivity contribution in [2.75, 3.05) is 19.6 Å². The van der Waals surface area contributed by atoms with Gasteiger partial charge in [0, 0.05) is 26.2 Å². The summed E-state index contributed by atoms with van der Waals surface area (Å²) in [5, 5.41) is 9.14. The number of carboxylic acid groups (broad SMARTS) is 1. The minimum Gasteiger partial charge on any atom is -0.465 e. The highest BCUT2D eigenvalue weighted by Gasteiger charge is 2.43. The van der Waals surface area contributed by atoms with Crippen LogP contribution in [-0.4, -0.2) is 46.7 Å². The van der Waals surface area contributed by atoms with Crippen LogP contribution in [0.15, 0.2) is 30.3 Å². The van der Waals surface area contributed by atoms with Crippen LogP contribution in [0.25, 0.3) is 0 Å². The molecule has 2 aliphatic heterocycles. The van der Waals surface area contributed by atoms with Crippen LogP contribution in [0.3, 0.4) is 0 Å². The number of hydrogen-bond donors (Lipinski definition) is 1. The van der Waals surface area contributed by atoms with Gasteiger partial charge in [-0.25, -0.2) is 4.79 Å². The lowest BCUT2D eigenvalue weighted by Crippen LogP contribution is -2.38. The Kier molecular flexibility index (Phi) is 2.96. The SMILES string of the molecule is O=C(O)N1CCC2CN(Cc3ccccc3)CC21. The second kappa shape index (κ2) is 4.61. The predicted octanol–water partition coefficient (Wildman–Crippen LogP) is 1.87. The van der Waals surface area contributed by atoms with Crippen molar-refractivity contribution in [3.05, 3.63) is 35.9 Å². The van der Waals surface area contributed by atoms with Crippen molar-refractivity contribution in [1.82, 2.24) is 9.80 Å². The molecule has 2 saturated heterocycles. The Bertz CT molecular complexity index is 435. The number of amides is 1. The lowest BCUT2D eigenvalue weighted by atomic mass is 10.1. The second-order valence-corrected chi connectivity index (χ2v) is 5.27. The van der Waals surface area contributed by atoms with E-state index in [2.05, 4.69) is 29.2 Å². The smallest absolute Gasteiger partial charge is 0.407 e. The number of benzene rings is 1. The summed E-state index contributed by atoms with van der Waals surface area (Å²) in [6.45, 7) is 3.56. The maximum absolute atomic E-state index is 11.1. The first-order chi connectivity index (χ1) is 8.74. The highest BCUT2D eigenvalue weighted by molar-refractivity contribution is 5.66. The Hall–Kier alpha value is -1.55. The van der Waals surface area contributed by atoms with Crippen molar-refractivity contribution in [3.63, 3.8) is 0 Å². The fourth-order valence-electron chi connectivity index (χ4n) is 3.26. The van der Waals surface area contributed by atoms with Crippen LogP contribution < -0.4 is 0 Å². The Morgan fingerprint density at radius 1 is 1.28 bits per heavy atom. The molecule has 1 amide bonds. The molecular formula is C14H18N2O2. The molecule has 2 unspecified atom stereocenters. The van der Waals surface area contributed by atoms with E-state index in [1.165, 1.54) is 5.56 Å². The van der Waals surface area contributed by atoms with E-state index in [0.717, 1.165) is 26.1 Å². The fraction of sp³-hybridized carbons (Fsp3) is 0.500. The largest absolute Gasteiger partial charge is 0.465 e. The average Bonchev–Trinajstić information content (AvgIpc) is 2.89. The maximum atomic E-state index is 11.1. The van der Waals surface area contributed by atoms with Gasteiger partial charge in [-0.15, -0.1) is 0 Å². The maximum Gasteiger partial charge on any atom is 0.407 e. The van der Waals surface area contributed by atoms with Gasteiger partial charge in [0.25, 0.3) is 0 Å². The zero-order valence-electron chi connectivity index (χ0n) is 10.3. The van der Waals surface area contributed by atoms with Crippen molar-refractivity contribution in [2.45, 2.75) is 19.0 Å². The number of fused-ring (bicyclic) bond motifs is 1. The summed E-state index contributed by atoms with van der Waals surface area (Å²) >= 11 is 0. The van der Waals surface area contributed by atoms with E-state index >= 15 is 0 Å². The first-order valence-corrected chi connectivity index (χ1v) is 6.50. The lowest BCUT2D eigenvalue weighted by molar-refractivity contribution is 0.136. The third-order valence-corrected chi connectivity index (χ3v) is 4.12. The van der Waals surface area contributed by atoms with Crippen LogP contribution in [0.4, 0.5) is 4.79 Å². The van der Waals surface area contributed by atoms with Crippen molar-refractivity contribution in [1.29, 1.82) is 0 Å². The number of hydrogen-bond acceptors (Lipinski definition) is 2. The highest BCUT2D eigenvalue weighted by Crippen LogP contribution is 2.32. The lowest BCUT2D eigenvalue weighted by Gasteiger charge is -2.22. The summed E-state index contributed by atoms with van der Waals surface area (Å²) in [5.74, 6) is 0.532. The number of nitrogens with zero attached hydrogens (tertiary/aromatic N) is 2. The van der Waals surface area contributed by atoms with Crippen molar-refractivity contribution >= 4 is 6.09 Å². The molecule has 2 aliphatic rings. The number of carbonyl (C=O) groups is 1. The topological polar surface area (TPSA) is 43.8 Å². The molecule has 3 rings (SSSR count). The normalized spacial score (nSPS) is 27.4. The Morgan fingerprint density at radius 3 is 2.78 bits per heavy atom. The van der Waals surface area contributed by atoms with Crippen LogP contribution in [-0.2, 0) is 6.54 Å². The van der Waals surface area contributed by atoms with Gasteiger partial charge >= 0.3 is 6.09 Å². The molecule has 1 aromatic carbocycles. The van der Waals surface area contributed by atoms with E-state index < -0.39 is 6.09 Å². The van der Waals surface area contributed by atoms with Gasteiger partial charge in [-0.3, -0.25) is 4.90 Å². The molecule has 1 N–H and O–H groups in total. The summed E-state index contributed by atoms with van der Waals surface area (Å²) in [7, 11) is 0. The molecule has 2 fully saturated rings. The molecular weight excluding hydrogens is 228 g/mol. The molecule has 4 heteroatoms. The van der Waals surface area contributed by atoms with Gasteiger partial charge in [-0.1, -0.05) is 30.3 Å². The molecule has 0 aliphatic carbocycles. The van der Waals surface area contributed by atoms with Crippen LogP contribution in [0.5, 0.6) is 0 Å². The quantitative estimate of drug-likeness (QED) is 0.866. The van der Waals surface area contributed by atoms with Gasteiger partial charge in [0.2, 0.25) is 0 Å². The third-order valence-electron chi connectivity index (χ3n) is 4.12. The number of likely N-dealkylation sites (tertiary alicyclic amines) is 2. The van der Waals surface area contributed by atoms with Gasteiger partial charge in [-0.2, -0.15) is 0 Å². The minimum atomic E-state index is -0.760.